The topological polar surface area (TPSA) is 56.5 Å². The summed E-state index contributed by atoms with van der Waals surface area (Å²) >= 11 is 0. The van der Waals surface area contributed by atoms with Crippen LogP contribution in [0, 0.1) is 11.3 Å². The Kier molecular flexibility index (Phi) is 5.20. The fourth-order valence-corrected chi connectivity index (χ4v) is 2.16. The van der Waals surface area contributed by atoms with Crippen molar-refractivity contribution in [3.05, 3.63) is 29.8 Å². The second kappa shape index (κ2) is 7.13. The molecule has 0 atom stereocenters. The molecule has 19 heavy (non-hydrogen) atoms. The second-order valence-electron chi connectivity index (χ2n) is 4.83. The quantitative estimate of drug-likeness (QED) is 0.724. The molecule has 0 aliphatic heterocycles. The predicted molar refractivity (Wildman–Crippen MR) is 72.9 cm³/mol. The molecule has 2 rings (SSSR count). The van der Waals surface area contributed by atoms with Gasteiger partial charge in [0, 0.05) is 19.1 Å². The minimum absolute atomic E-state index is 0.224. The molecule has 1 saturated carbocycles. The SMILES string of the molecule is N#Cc1cccc(OCCCN(CCO)C2CC2)c1. The molecule has 4 heteroatoms. The van der Waals surface area contributed by atoms with Gasteiger partial charge in [0.05, 0.1) is 24.8 Å². The van der Waals surface area contributed by atoms with Gasteiger partial charge in [-0.2, -0.15) is 5.26 Å². The van der Waals surface area contributed by atoms with Gasteiger partial charge in [-0.25, -0.2) is 0 Å². The largest absolute Gasteiger partial charge is 0.494 e. The van der Waals surface area contributed by atoms with Crippen molar-refractivity contribution in [1.82, 2.24) is 4.90 Å². The molecule has 0 radical (unpaired) electrons. The molecular weight excluding hydrogens is 240 g/mol. The number of nitriles is 1. The Bertz CT molecular complexity index is 438. The third-order valence-electron chi connectivity index (χ3n) is 3.27. The van der Waals surface area contributed by atoms with Crippen LogP contribution < -0.4 is 4.74 Å². The van der Waals surface area contributed by atoms with E-state index in [4.69, 9.17) is 15.1 Å². The third kappa shape index (κ3) is 4.55. The summed E-state index contributed by atoms with van der Waals surface area (Å²) in [4.78, 5) is 2.33. The number of rotatable bonds is 8. The number of aliphatic hydroxyl groups excluding tert-OH is 1. The highest BCUT2D eigenvalue weighted by Crippen LogP contribution is 2.26. The molecule has 0 aromatic heterocycles. The van der Waals surface area contributed by atoms with Crippen LogP contribution in [0.3, 0.4) is 0 Å². The van der Waals surface area contributed by atoms with Crippen LogP contribution in [0.15, 0.2) is 24.3 Å². The molecule has 1 N–H and O–H groups in total. The molecule has 0 spiro atoms. The number of hydrogen-bond donors (Lipinski definition) is 1. The van der Waals surface area contributed by atoms with Crippen LogP contribution in [0.1, 0.15) is 24.8 Å². The zero-order valence-electron chi connectivity index (χ0n) is 11.1. The van der Waals surface area contributed by atoms with Gasteiger partial charge in [-0.3, -0.25) is 4.90 Å². The van der Waals surface area contributed by atoms with Crippen molar-refractivity contribution in [2.24, 2.45) is 0 Å². The number of benzene rings is 1. The maximum atomic E-state index is 9.00. The first-order valence-electron chi connectivity index (χ1n) is 6.81. The molecular formula is C15H20N2O2. The first kappa shape index (κ1) is 13.9. The lowest BCUT2D eigenvalue weighted by molar-refractivity contribution is 0.177. The summed E-state index contributed by atoms with van der Waals surface area (Å²) in [5.41, 5.74) is 0.623. The van der Waals surface area contributed by atoms with E-state index in [1.54, 1.807) is 12.1 Å². The fourth-order valence-electron chi connectivity index (χ4n) is 2.16. The van der Waals surface area contributed by atoms with Crippen LogP contribution in [0.5, 0.6) is 5.75 Å². The van der Waals surface area contributed by atoms with Crippen molar-refractivity contribution in [2.45, 2.75) is 25.3 Å². The van der Waals surface area contributed by atoms with Crippen molar-refractivity contribution in [3.8, 4) is 11.8 Å². The van der Waals surface area contributed by atoms with Crippen LogP contribution in [-0.2, 0) is 0 Å². The number of nitrogens with zero attached hydrogens (tertiary/aromatic N) is 2. The van der Waals surface area contributed by atoms with Crippen molar-refractivity contribution in [3.63, 3.8) is 0 Å². The van der Waals surface area contributed by atoms with E-state index in [2.05, 4.69) is 11.0 Å². The van der Waals surface area contributed by atoms with E-state index in [0.717, 1.165) is 25.3 Å². The third-order valence-corrected chi connectivity index (χ3v) is 3.27. The minimum atomic E-state index is 0.224. The standard InChI is InChI=1S/C15H20N2O2/c16-12-13-3-1-4-15(11-13)19-10-2-7-17(8-9-18)14-5-6-14/h1,3-4,11,14,18H,2,5-10H2. The lowest BCUT2D eigenvalue weighted by atomic mass is 10.2. The number of aliphatic hydroxyl groups is 1. The highest BCUT2D eigenvalue weighted by Gasteiger charge is 2.27. The van der Waals surface area contributed by atoms with Gasteiger partial charge in [-0.05, 0) is 37.5 Å². The Morgan fingerprint density at radius 2 is 2.21 bits per heavy atom. The van der Waals surface area contributed by atoms with Crippen molar-refractivity contribution in [2.75, 3.05) is 26.3 Å². The van der Waals surface area contributed by atoms with E-state index >= 15 is 0 Å². The molecule has 1 fully saturated rings. The number of ether oxygens (including phenoxy) is 1. The maximum absolute atomic E-state index is 9.00. The zero-order valence-corrected chi connectivity index (χ0v) is 11.1. The monoisotopic (exact) mass is 260 g/mol. The lowest BCUT2D eigenvalue weighted by Gasteiger charge is -2.20. The summed E-state index contributed by atoms with van der Waals surface area (Å²) in [6.07, 6.45) is 3.45. The Hall–Kier alpha value is -1.57. The van der Waals surface area contributed by atoms with Crippen LogP contribution in [-0.4, -0.2) is 42.4 Å². The summed E-state index contributed by atoms with van der Waals surface area (Å²) in [5.74, 6) is 0.749. The molecule has 0 unspecified atom stereocenters. The molecule has 1 aromatic carbocycles. The predicted octanol–water partition coefficient (Wildman–Crippen LogP) is 1.78. The number of hydrogen-bond acceptors (Lipinski definition) is 4. The molecule has 1 aromatic rings. The Morgan fingerprint density at radius 3 is 2.89 bits per heavy atom. The van der Waals surface area contributed by atoms with Crippen molar-refractivity contribution >= 4 is 0 Å². The molecule has 4 nitrogen and oxygen atoms in total. The molecule has 0 saturated heterocycles. The Balaban J connectivity index is 1.69. The zero-order chi connectivity index (χ0) is 13.5. The van der Waals surface area contributed by atoms with Gasteiger partial charge in [-0.1, -0.05) is 6.07 Å². The minimum Gasteiger partial charge on any atom is -0.494 e. The first-order chi connectivity index (χ1) is 9.33. The highest BCUT2D eigenvalue weighted by molar-refractivity contribution is 5.36. The van der Waals surface area contributed by atoms with Gasteiger partial charge in [-0.15, -0.1) is 0 Å². The van der Waals surface area contributed by atoms with Crippen LogP contribution >= 0.6 is 0 Å². The van der Waals surface area contributed by atoms with E-state index in [9.17, 15) is 0 Å². The second-order valence-corrected chi connectivity index (χ2v) is 4.83. The first-order valence-corrected chi connectivity index (χ1v) is 6.81. The van der Waals surface area contributed by atoms with Gasteiger partial charge >= 0.3 is 0 Å². The molecule has 0 bridgehead atoms. The highest BCUT2D eigenvalue weighted by atomic mass is 16.5. The van der Waals surface area contributed by atoms with Gasteiger partial charge < -0.3 is 9.84 Å². The van der Waals surface area contributed by atoms with E-state index < -0.39 is 0 Å². The van der Waals surface area contributed by atoms with Gasteiger partial charge in [0.1, 0.15) is 5.75 Å². The van der Waals surface area contributed by atoms with Gasteiger partial charge in [0.2, 0.25) is 0 Å². The van der Waals surface area contributed by atoms with E-state index in [1.165, 1.54) is 12.8 Å². The van der Waals surface area contributed by atoms with Crippen molar-refractivity contribution < 1.29 is 9.84 Å². The summed E-state index contributed by atoms with van der Waals surface area (Å²) in [6.45, 7) is 2.59. The molecule has 0 amide bonds. The average Bonchev–Trinajstić information content (AvgIpc) is 3.27. The molecule has 0 heterocycles. The van der Waals surface area contributed by atoms with Crippen LogP contribution in [0.2, 0.25) is 0 Å². The van der Waals surface area contributed by atoms with E-state index in [1.807, 2.05) is 12.1 Å². The summed E-state index contributed by atoms with van der Waals surface area (Å²) < 4.78 is 5.64. The maximum Gasteiger partial charge on any atom is 0.120 e. The average molecular weight is 260 g/mol. The van der Waals surface area contributed by atoms with Crippen molar-refractivity contribution in [1.29, 1.82) is 5.26 Å². The Morgan fingerprint density at radius 1 is 1.37 bits per heavy atom. The normalized spacial score (nSPS) is 14.4. The Labute approximate surface area is 114 Å². The van der Waals surface area contributed by atoms with Crippen LogP contribution in [0.4, 0.5) is 0 Å². The van der Waals surface area contributed by atoms with E-state index in [0.29, 0.717) is 18.2 Å². The molecule has 1 aliphatic carbocycles. The molecule has 102 valence electrons. The van der Waals surface area contributed by atoms with Gasteiger partial charge in [0.15, 0.2) is 0 Å². The lowest BCUT2D eigenvalue weighted by Crippen LogP contribution is -2.31. The molecule has 1 aliphatic rings. The summed E-state index contributed by atoms with van der Waals surface area (Å²) in [5, 5.41) is 17.8. The summed E-state index contributed by atoms with van der Waals surface area (Å²) in [7, 11) is 0. The smallest absolute Gasteiger partial charge is 0.120 e. The van der Waals surface area contributed by atoms with Gasteiger partial charge in [0.25, 0.3) is 0 Å². The fraction of sp³-hybridized carbons (Fsp3) is 0.533. The van der Waals surface area contributed by atoms with E-state index in [-0.39, 0.29) is 6.61 Å². The summed E-state index contributed by atoms with van der Waals surface area (Å²) in [6, 6.07) is 10.00. The van der Waals surface area contributed by atoms with Crippen LogP contribution in [0.25, 0.3) is 0 Å².